The van der Waals surface area contributed by atoms with Crippen molar-refractivity contribution >= 4 is 17.7 Å². The molecule has 1 fully saturated rings. The second kappa shape index (κ2) is 6.70. The number of hydroxylamine groups is 2. The predicted octanol–water partition coefficient (Wildman–Crippen LogP) is 1.58. The highest BCUT2D eigenvalue weighted by atomic mass is 16.5. The van der Waals surface area contributed by atoms with E-state index in [4.69, 9.17) is 0 Å². The minimum absolute atomic E-state index is 0.0646. The molecule has 0 radical (unpaired) electrons. The summed E-state index contributed by atoms with van der Waals surface area (Å²) in [6.45, 7) is 3.84. The molecule has 1 atom stereocenters. The number of carbonyl (C=O) groups is 3. The molecule has 0 spiro atoms. The fraction of sp³-hybridized carbons (Fsp3) is 0.438. The maximum absolute atomic E-state index is 12.3. The van der Waals surface area contributed by atoms with Crippen LogP contribution >= 0.6 is 0 Å². The quantitative estimate of drug-likeness (QED) is 0.509. The van der Waals surface area contributed by atoms with E-state index in [0.29, 0.717) is 5.06 Å². The molecule has 2 rings (SSSR count). The van der Waals surface area contributed by atoms with Crippen molar-refractivity contribution in [1.29, 1.82) is 0 Å². The number of rotatable bonds is 5. The molecule has 0 bridgehead atoms. The SMILES string of the molecule is CC(C)CC(=O)N(O)[C@H]1CC(=O)N(Cc2ccccc2)C1=O. The van der Waals surface area contributed by atoms with Gasteiger partial charge in [0.1, 0.15) is 6.04 Å². The van der Waals surface area contributed by atoms with Gasteiger partial charge in [-0.05, 0) is 11.5 Å². The molecule has 1 saturated heterocycles. The third-order valence-electron chi connectivity index (χ3n) is 3.54. The molecule has 1 aliphatic rings. The first-order valence-corrected chi connectivity index (χ1v) is 7.29. The molecule has 1 N–H and O–H groups in total. The number of benzene rings is 1. The van der Waals surface area contributed by atoms with Crippen molar-refractivity contribution in [2.45, 2.75) is 39.3 Å². The number of likely N-dealkylation sites (tertiary alicyclic amines) is 1. The minimum Gasteiger partial charge on any atom is -0.285 e. The van der Waals surface area contributed by atoms with E-state index < -0.39 is 17.9 Å². The predicted molar refractivity (Wildman–Crippen MR) is 78.5 cm³/mol. The zero-order chi connectivity index (χ0) is 16.3. The molecular formula is C16H20N2O4. The van der Waals surface area contributed by atoms with Gasteiger partial charge in [0.2, 0.25) is 11.8 Å². The molecule has 1 aromatic rings. The molecule has 0 saturated carbocycles. The van der Waals surface area contributed by atoms with Crippen LogP contribution < -0.4 is 0 Å². The van der Waals surface area contributed by atoms with Gasteiger partial charge in [0.05, 0.1) is 13.0 Å². The highest BCUT2D eigenvalue weighted by Crippen LogP contribution is 2.21. The van der Waals surface area contributed by atoms with Gasteiger partial charge < -0.3 is 0 Å². The molecule has 6 nitrogen and oxygen atoms in total. The fourth-order valence-electron chi connectivity index (χ4n) is 2.41. The number of amides is 3. The summed E-state index contributed by atoms with van der Waals surface area (Å²) in [6, 6.07) is 8.01. The molecule has 3 amide bonds. The van der Waals surface area contributed by atoms with Crippen LogP contribution in [0.4, 0.5) is 0 Å². The molecule has 118 valence electrons. The normalized spacial score (nSPS) is 18.2. The standard InChI is InChI=1S/C16H20N2O4/c1-11(2)8-15(20)18(22)13-9-14(19)17(16(13)21)10-12-6-4-3-5-7-12/h3-7,11,13,22H,8-10H2,1-2H3/t13-/m0/s1. The second-order valence-corrected chi connectivity index (χ2v) is 5.86. The lowest BCUT2D eigenvalue weighted by molar-refractivity contribution is -0.180. The Hall–Kier alpha value is -2.21. The molecule has 22 heavy (non-hydrogen) atoms. The Kier molecular flexibility index (Phi) is 4.92. The first-order chi connectivity index (χ1) is 10.4. The highest BCUT2D eigenvalue weighted by molar-refractivity contribution is 6.06. The van der Waals surface area contributed by atoms with Crippen LogP contribution in [0, 0.1) is 5.92 Å². The van der Waals surface area contributed by atoms with E-state index in [1.54, 1.807) is 0 Å². The maximum Gasteiger partial charge on any atom is 0.255 e. The van der Waals surface area contributed by atoms with Gasteiger partial charge in [-0.15, -0.1) is 0 Å². The van der Waals surface area contributed by atoms with Crippen molar-refractivity contribution in [2.75, 3.05) is 0 Å². The molecule has 1 aromatic carbocycles. The zero-order valence-electron chi connectivity index (χ0n) is 12.7. The Bertz CT molecular complexity index is 571. The van der Waals surface area contributed by atoms with Crippen molar-refractivity contribution in [3.05, 3.63) is 35.9 Å². The third-order valence-corrected chi connectivity index (χ3v) is 3.54. The topological polar surface area (TPSA) is 77.9 Å². The monoisotopic (exact) mass is 304 g/mol. The number of nitrogens with zero attached hydrogens (tertiary/aromatic N) is 2. The summed E-state index contributed by atoms with van der Waals surface area (Å²) in [5.41, 5.74) is 0.822. The second-order valence-electron chi connectivity index (χ2n) is 5.86. The smallest absolute Gasteiger partial charge is 0.255 e. The van der Waals surface area contributed by atoms with Crippen LogP contribution in [0.15, 0.2) is 30.3 Å². The number of hydrogen-bond donors (Lipinski definition) is 1. The van der Waals surface area contributed by atoms with Gasteiger partial charge in [-0.25, -0.2) is 5.06 Å². The van der Waals surface area contributed by atoms with E-state index in [2.05, 4.69) is 0 Å². The van der Waals surface area contributed by atoms with Gasteiger partial charge in [-0.2, -0.15) is 0 Å². The number of imide groups is 1. The van der Waals surface area contributed by atoms with Gasteiger partial charge in [-0.1, -0.05) is 44.2 Å². The third kappa shape index (κ3) is 3.51. The van der Waals surface area contributed by atoms with Gasteiger partial charge in [0.25, 0.3) is 5.91 Å². The largest absolute Gasteiger partial charge is 0.285 e. The highest BCUT2D eigenvalue weighted by Gasteiger charge is 2.43. The number of carbonyl (C=O) groups excluding carboxylic acids is 3. The van der Waals surface area contributed by atoms with Crippen LogP contribution in [0.3, 0.4) is 0 Å². The van der Waals surface area contributed by atoms with Gasteiger partial charge in [0.15, 0.2) is 0 Å². The average molecular weight is 304 g/mol. The molecule has 6 heteroatoms. The van der Waals surface area contributed by atoms with Crippen LogP contribution in [0.5, 0.6) is 0 Å². The van der Waals surface area contributed by atoms with Crippen molar-refractivity contribution in [3.63, 3.8) is 0 Å². The maximum atomic E-state index is 12.3. The summed E-state index contributed by atoms with van der Waals surface area (Å²) >= 11 is 0. The first-order valence-electron chi connectivity index (χ1n) is 7.29. The van der Waals surface area contributed by atoms with Crippen molar-refractivity contribution < 1.29 is 19.6 Å². The van der Waals surface area contributed by atoms with Crippen molar-refractivity contribution in [1.82, 2.24) is 9.96 Å². The van der Waals surface area contributed by atoms with E-state index in [-0.39, 0.29) is 31.2 Å². The first kappa shape index (κ1) is 16.2. The molecule has 0 aromatic heterocycles. The van der Waals surface area contributed by atoms with Crippen LogP contribution in [-0.2, 0) is 20.9 Å². The summed E-state index contributed by atoms with van der Waals surface area (Å²) in [5, 5.41) is 10.3. The lowest BCUT2D eigenvalue weighted by atomic mass is 10.1. The van der Waals surface area contributed by atoms with Gasteiger partial charge in [0, 0.05) is 6.42 Å². The minimum atomic E-state index is -1.11. The fourth-order valence-corrected chi connectivity index (χ4v) is 2.41. The lowest BCUT2D eigenvalue weighted by Crippen LogP contribution is -2.43. The summed E-state index contributed by atoms with van der Waals surface area (Å²) in [4.78, 5) is 37.2. The molecule has 1 aliphatic heterocycles. The van der Waals surface area contributed by atoms with E-state index in [1.165, 1.54) is 0 Å². The summed E-state index contributed by atoms with van der Waals surface area (Å²) in [7, 11) is 0. The Morgan fingerprint density at radius 2 is 1.95 bits per heavy atom. The van der Waals surface area contributed by atoms with Crippen LogP contribution in [0.1, 0.15) is 32.3 Å². The van der Waals surface area contributed by atoms with Crippen molar-refractivity contribution in [3.8, 4) is 0 Å². The Morgan fingerprint density at radius 1 is 1.32 bits per heavy atom. The molecule has 0 aliphatic carbocycles. The average Bonchev–Trinajstić information content (AvgIpc) is 2.75. The van der Waals surface area contributed by atoms with Crippen LogP contribution in [0.25, 0.3) is 0 Å². The lowest BCUT2D eigenvalue weighted by Gasteiger charge is -2.21. The Balaban J connectivity index is 2.06. The van der Waals surface area contributed by atoms with Gasteiger partial charge in [-0.3, -0.25) is 24.5 Å². The van der Waals surface area contributed by atoms with Gasteiger partial charge >= 0.3 is 0 Å². The summed E-state index contributed by atoms with van der Waals surface area (Å²) in [6.07, 6.45) is -0.0425. The van der Waals surface area contributed by atoms with Crippen molar-refractivity contribution in [2.24, 2.45) is 5.92 Å². The molecule has 1 heterocycles. The number of hydrogen-bond acceptors (Lipinski definition) is 4. The molecular weight excluding hydrogens is 284 g/mol. The summed E-state index contributed by atoms with van der Waals surface area (Å²) in [5.74, 6) is -1.39. The van der Waals surface area contributed by atoms with E-state index >= 15 is 0 Å². The van der Waals surface area contributed by atoms with Crippen LogP contribution in [-0.4, -0.2) is 38.9 Å². The van der Waals surface area contributed by atoms with Crippen LogP contribution in [0.2, 0.25) is 0 Å². The summed E-state index contributed by atoms with van der Waals surface area (Å²) < 4.78 is 0. The molecule has 0 unspecified atom stereocenters. The Labute approximate surface area is 129 Å². The van der Waals surface area contributed by atoms with E-state index in [0.717, 1.165) is 10.5 Å². The zero-order valence-corrected chi connectivity index (χ0v) is 12.7. The van der Waals surface area contributed by atoms with E-state index in [1.807, 2.05) is 44.2 Å². The Morgan fingerprint density at radius 3 is 2.55 bits per heavy atom. The van der Waals surface area contributed by atoms with E-state index in [9.17, 15) is 19.6 Å².